The first-order chi connectivity index (χ1) is 8.00. The lowest BCUT2D eigenvalue weighted by Gasteiger charge is -2.24. The smallest absolute Gasteiger partial charge is 0.444 e. The van der Waals surface area contributed by atoms with E-state index in [9.17, 15) is 22.8 Å². The molecule has 1 amide bonds. The lowest BCUT2D eigenvalue weighted by atomic mass is 10.0. The van der Waals surface area contributed by atoms with Gasteiger partial charge < -0.3 is 9.64 Å². The van der Waals surface area contributed by atoms with Gasteiger partial charge in [0, 0.05) is 19.0 Å². The predicted octanol–water partition coefficient (Wildman–Crippen LogP) is 2.37. The van der Waals surface area contributed by atoms with E-state index in [1.165, 1.54) is 0 Å². The average molecular weight is 267 g/mol. The average Bonchev–Trinajstić information content (AvgIpc) is 2.60. The van der Waals surface area contributed by atoms with Gasteiger partial charge in [0.2, 0.25) is 5.78 Å². The summed E-state index contributed by atoms with van der Waals surface area (Å²) in [7, 11) is 0. The molecule has 1 fully saturated rings. The summed E-state index contributed by atoms with van der Waals surface area (Å²) >= 11 is 0. The number of hydrogen-bond acceptors (Lipinski definition) is 3. The van der Waals surface area contributed by atoms with E-state index in [2.05, 4.69) is 0 Å². The number of carbonyl (C=O) groups is 2. The Bertz CT molecular complexity index is 346. The highest BCUT2D eigenvalue weighted by Crippen LogP contribution is 2.27. The first-order valence-electron chi connectivity index (χ1n) is 5.59. The predicted molar refractivity (Wildman–Crippen MR) is 57.0 cm³/mol. The zero-order valence-electron chi connectivity index (χ0n) is 10.5. The molecule has 0 aromatic heterocycles. The van der Waals surface area contributed by atoms with E-state index < -0.39 is 29.6 Å². The van der Waals surface area contributed by atoms with E-state index in [-0.39, 0.29) is 19.5 Å². The van der Waals surface area contributed by atoms with Crippen LogP contribution in [0.5, 0.6) is 0 Å². The molecule has 1 saturated heterocycles. The molecule has 1 heterocycles. The minimum absolute atomic E-state index is 0.0254. The van der Waals surface area contributed by atoms with E-state index in [1.54, 1.807) is 20.8 Å². The summed E-state index contributed by atoms with van der Waals surface area (Å²) in [6, 6.07) is 0. The number of amides is 1. The Morgan fingerprint density at radius 2 is 1.78 bits per heavy atom. The molecule has 1 aliphatic rings. The van der Waals surface area contributed by atoms with Crippen molar-refractivity contribution in [3.8, 4) is 0 Å². The van der Waals surface area contributed by atoms with Crippen LogP contribution in [0.2, 0.25) is 0 Å². The molecule has 1 aliphatic heterocycles. The molecule has 7 heteroatoms. The van der Waals surface area contributed by atoms with Gasteiger partial charge in [-0.2, -0.15) is 13.2 Å². The number of hydrogen-bond donors (Lipinski definition) is 0. The number of halogens is 3. The van der Waals surface area contributed by atoms with Crippen LogP contribution in [-0.2, 0) is 9.53 Å². The van der Waals surface area contributed by atoms with Crippen LogP contribution in [0.25, 0.3) is 0 Å². The van der Waals surface area contributed by atoms with Crippen molar-refractivity contribution in [1.82, 2.24) is 4.90 Å². The molecule has 0 aliphatic carbocycles. The van der Waals surface area contributed by atoms with Gasteiger partial charge in [-0.3, -0.25) is 4.79 Å². The highest BCUT2D eigenvalue weighted by molar-refractivity contribution is 5.87. The van der Waals surface area contributed by atoms with Crippen molar-refractivity contribution in [2.75, 3.05) is 13.1 Å². The second-order valence-electron chi connectivity index (χ2n) is 5.27. The van der Waals surface area contributed by atoms with Gasteiger partial charge in [-0.25, -0.2) is 4.79 Å². The van der Waals surface area contributed by atoms with Gasteiger partial charge in [0.25, 0.3) is 0 Å². The summed E-state index contributed by atoms with van der Waals surface area (Å²) in [5, 5.41) is 0. The third-order valence-electron chi connectivity index (χ3n) is 2.49. The lowest BCUT2D eigenvalue weighted by molar-refractivity contribution is -0.175. The number of Topliss-reactive ketones (excluding diaryl/α,β-unsaturated/α-hetero) is 1. The molecule has 0 spiro atoms. The molecule has 0 saturated carbocycles. The largest absolute Gasteiger partial charge is 0.450 e. The van der Waals surface area contributed by atoms with E-state index >= 15 is 0 Å². The van der Waals surface area contributed by atoms with Crippen molar-refractivity contribution in [3.05, 3.63) is 0 Å². The van der Waals surface area contributed by atoms with Crippen molar-refractivity contribution in [2.24, 2.45) is 5.92 Å². The number of nitrogens with zero attached hydrogens (tertiary/aromatic N) is 1. The monoisotopic (exact) mass is 267 g/mol. The Hall–Kier alpha value is -1.27. The molecule has 1 atom stereocenters. The van der Waals surface area contributed by atoms with E-state index in [1.807, 2.05) is 0 Å². The van der Waals surface area contributed by atoms with Gasteiger partial charge in [-0.05, 0) is 27.2 Å². The van der Waals surface area contributed by atoms with Crippen molar-refractivity contribution in [3.63, 3.8) is 0 Å². The second-order valence-corrected chi connectivity index (χ2v) is 5.27. The van der Waals surface area contributed by atoms with Gasteiger partial charge in [0.15, 0.2) is 0 Å². The van der Waals surface area contributed by atoms with Crippen LogP contribution in [0.1, 0.15) is 27.2 Å². The van der Waals surface area contributed by atoms with Crippen molar-refractivity contribution < 1.29 is 27.5 Å². The SMILES string of the molecule is CC(C)(C)OC(=O)N1CC[C@@H](C(=O)C(F)(F)F)C1. The van der Waals surface area contributed by atoms with Crippen molar-refractivity contribution in [2.45, 2.75) is 39.0 Å². The fourth-order valence-electron chi connectivity index (χ4n) is 1.70. The van der Waals surface area contributed by atoms with Crippen molar-refractivity contribution in [1.29, 1.82) is 0 Å². The van der Waals surface area contributed by atoms with Crippen LogP contribution in [0.4, 0.5) is 18.0 Å². The highest BCUT2D eigenvalue weighted by Gasteiger charge is 2.46. The molecule has 0 aromatic carbocycles. The number of alkyl halides is 3. The second kappa shape index (κ2) is 4.78. The maximum atomic E-state index is 12.2. The Balaban J connectivity index is 2.57. The molecule has 104 valence electrons. The van der Waals surface area contributed by atoms with Gasteiger partial charge in [0.1, 0.15) is 5.60 Å². The minimum Gasteiger partial charge on any atom is -0.444 e. The van der Waals surface area contributed by atoms with Crippen LogP contribution >= 0.6 is 0 Å². The molecule has 0 unspecified atom stereocenters. The van der Waals surface area contributed by atoms with Crippen LogP contribution < -0.4 is 0 Å². The summed E-state index contributed by atoms with van der Waals surface area (Å²) < 4.78 is 41.7. The molecule has 18 heavy (non-hydrogen) atoms. The van der Waals surface area contributed by atoms with E-state index in [0.717, 1.165) is 4.90 Å². The van der Waals surface area contributed by atoms with Gasteiger partial charge >= 0.3 is 12.3 Å². The Morgan fingerprint density at radius 1 is 1.22 bits per heavy atom. The Kier molecular flexibility index (Phi) is 3.92. The summed E-state index contributed by atoms with van der Waals surface area (Å²) in [5.41, 5.74) is -0.705. The minimum atomic E-state index is -4.84. The zero-order valence-corrected chi connectivity index (χ0v) is 10.5. The summed E-state index contributed by atoms with van der Waals surface area (Å²) in [5.74, 6) is -2.94. The maximum Gasteiger partial charge on any atom is 0.450 e. The van der Waals surface area contributed by atoms with Crippen LogP contribution in [0, 0.1) is 5.92 Å². The van der Waals surface area contributed by atoms with Crippen LogP contribution in [0.15, 0.2) is 0 Å². The molecular weight excluding hydrogens is 251 g/mol. The van der Waals surface area contributed by atoms with Gasteiger partial charge in [-0.1, -0.05) is 0 Å². The number of likely N-dealkylation sites (tertiary alicyclic amines) is 1. The van der Waals surface area contributed by atoms with Crippen molar-refractivity contribution >= 4 is 11.9 Å². The molecule has 4 nitrogen and oxygen atoms in total. The molecule has 0 radical (unpaired) electrons. The van der Waals surface area contributed by atoms with E-state index in [4.69, 9.17) is 4.74 Å². The van der Waals surface area contributed by atoms with Crippen LogP contribution in [0.3, 0.4) is 0 Å². The quantitative estimate of drug-likeness (QED) is 0.732. The number of ketones is 1. The number of carbonyl (C=O) groups excluding carboxylic acids is 2. The highest BCUT2D eigenvalue weighted by atomic mass is 19.4. The summed E-state index contributed by atoms with van der Waals surface area (Å²) in [6.07, 6.45) is -5.49. The topological polar surface area (TPSA) is 46.6 Å². The normalized spacial score (nSPS) is 21.0. The first kappa shape index (κ1) is 14.8. The third kappa shape index (κ3) is 3.89. The van der Waals surface area contributed by atoms with E-state index in [0.29, 0.717) is 0 Å². The lowest BCUT2D eigenvalue weighted by Crippen LogP contribution is -2.37. The Morgan fingerprint density at radius 3 is 2.22 bits per heavy atom. The summed E-state index contributed by atoms with van der Waals surface area (Å²) in [4.78, 5) is 23.7. The standard InChI is InChI=1S/C11H16F3NO3/c1-10(2,3)18-9(17)15-5-4-7(6-15)8(16)11(12,13)14/h7H,4-6H2,1-3H3/t7-/m1/s1. The molecular formula is C11H16F3NO3. The maximum absolute atomic E-state index is 12.2. The molecule has 0 N–H and O–H groups in total. The summed E-state index contributed by atoms with van der Waals surface area (Å²) in [6.45, 7) is 4.88. The van der Waals surface area contributed by atoms with Gasteiger partial charge in [-0.15, -0.1) is 0 Å². The fraction of sp³-hybridized carbons (Fsp3) is 0.818. The van der Waals surface area contributed by atoms with Gasteiger partial charge in [0.05, 0.1) is 0 Å². The molecule has 0 bridgehead atoms. The first-order valence-corrected chi connectivity index (χ1v) is 5.59. The number of rotatable bonds is 1. The molecule has 1 rings (SSSR count). The number of ether oxygens (including phenoxy) is 1. The third-order valence-corrected chi connectivity index (χ3v) is 2.49. The molecule has 0 aromatic rings. The fourth-order valence-corrected chi connectivity index (χ4v) is 1.70. The van der Waals surface area contributed by atoms with Crippen LogP contribution in [-0.4, -0.2) is 41.6 Å². The Labute approximate surface area is 103 Å². The zero-order chi connectivity index (χ0) is 14.1.